The Balaban J connectivity index is 1.73. The van der Waals surface area contributed by atoms with Crippen molar-refractivity contribution in [2.24, 2.45) is 16.8 Å². The third-order valence-electron chi connectivity index (χ3n) is 4.54. The molecule has 5 nitrogen and oxygen atoms in total. The van der Waals surface area contributed by atoms with Crippen LogP contribution in [0.25, 0.3) is 0 Å². The van der Waals surface area contributed by atoms with Crippen molar-refractivity contribution in [3.8, 4) is 0 Å². The Morgan fingerprint density at radius 2 is 2.10 bits per heavy atom. The second-order valence-corrected chi connectivity index (χ2v) is 6.02. The molecule has 0 amide bonds. The van der Waals surface area contributed by atoms with Gasteiger partial charge in [-0.15, -0.1) is 0 Å². The minimum absolute atomic E-state index is 0.0934. The van der Waals surface area contributed by atoms with Gasteiger partial charge in [-0.05, 0) is 38.6 Å². The molecule has 4 unspecified atom stereocenters. The first kappa shape index (κ1) is 15.4. The molecule has 0 spiro atoms. The normalized spacial score (nSPS) is 35.2. The Bertz CT molecular complexity index is 340. The summed E-state index contributed by atoms with van der Waals surface area (Å²) < 4.78 is 0. The fourth-order valence-electron chi connectivity index (χ4n) is 3.26. The second-order valence-electron chi connectivity index (χ2n) is 6.02. The van der Waals surface area contributed by atoms with Crippen LogP contribution in [-0.4, -0.2) is 47.6 Å². The molecule has 1 saturated carbocycles. The number of rotatable bonds is 5. The zero-order chi connectivity index (χ0) is 14.4. The highest BCUT2D eigenvalue weighted by Gasteiger charge is 2.35. The van der Waals surface area contributed by atoms with Gasteiger partial charge in [-0.3, -0.25) is 9.79 Å². The topological polar surface area (TPSA) is 81.9 Å². The summed E-state index contributed by atoms with van der Waals surface area (Å²) in [7, 11) is 0. The highest BCUT2D eigenvalue weighted by atomic mass is 16.4. The predicted molar refractivity (Wildman–Crippen MR) is 78.1 cm³/mol. The molecule has 2 rings (SSSR count). The molecule has 1 aliphatic carbocycles. The van der Waals surface area contributed by atoms with E-state index < -0.39 is 18.0 Å². The van der Waals surface area contributed by atoms with Crippen LogP contribution in [0, 0.1) is 11.8 Å². The van der Waals surface area contributed by atoms with Crippen LogP contribution in [0.15, 0.2) is 4.99 Å². The number of nitrogens with one attached hydrogen (secondary N) is 1. The van der Waals surface area contributed by atoms with Crippen LogP contribution in [0.4, 0.5) is 0 Å². The van der Waals surface area contributed by atoms with Crippen LogP contribution >= 0.6 is 0 Å². The van der Waals surface area contributed by atoms with E-state index in [1.54, 1.807) is 6.21 Å². The summed E-state index contributed by atoms with van der Waals surface area (Å²) in [6.45, 7) is 1.87. The third-order valence-corrected chi connectivity index (χ3v) is 4.54. The molecule has 114 valence electrons. The van der Waals surface area contributed by atoms with Gasteiger partial charge in [0.1, 0.15) is 0 Å². The summed E-state index contributed by atoms with van der Waals surface area (Å²) >= 11 is 0. The van der Waals surface area contributed by atoms with Crippen LogP contribution in [0.3, 0.4) is 0 Å². The van der Waals surface area contributed by atoms with Gasteiger partial charge >= 0.3 is 5.97 Å². The first-order valence-electron chi connectivity index (χ1n) is 7.82. The maximum atomic E-state index is 11.0. The van der Waals surface area contributed by atoms with E-state index in [1.165, 1.54) is 19.3 Å². The average Bonchev–Trinajstić information content (AvgIpc) is 2.46. The molecule has 1 aliphatic heterocycles. The molecule has 0 bridgehead atoms. The summed E-state index contributed by atoms with van der Waals surface area (Å²) in [6, 6.07) is 0.573. The second kappa shape index (κ2) is 7.74. The molecule has 5 heteroatoms. The van der Waals surface area contributed by atoms with Crippen molar-refractivity contribution in [3.05, 3.63) is 0 Å². The molecule has 4 atom stereocenters. The first-order valence-corrected chi connectivity index (χ1v) is 7.82. The first-order chi connectivity index (χ1) is 9.68. The van der Waals surface area contributed by atoms with Crippen molar-refractivity contribution in [2.45, 2.75) is 57.1 Å². The molecule has 2 aliphatic rings. The van der Waals surface area contributed by atoms with E-state index in [2.05, 4.69) is 10.3 Å². The molecule has 0 aromatic rings. The van der Waals surface area contributed by atoms with E-state index in [-0.39, 0.29) is 5.92 Å². The van der Waals surface area contributed by atoms with Gasteiger partial charge < -0.3 is 15.5 Å². The van der Waals surface area contributed by atoms with E-state index in [0.29, 0.717) is 12.5 Å². The van der Waals surface area contributed by atoms with Crippen LogP contribution in [0.5, 0.6) is 0 Å². The van der Waals surface area contributed by atoms with Crippen LogP contribution in [-0.2, 0) is 4.79 Å². The Labute approximate surface area is 120 Å². The highest BCUT2D eigenvalue weighted by Crippen LogP contribution is 2.28. The molecule has 2 fully saturated rings. The minimum atomic E-state index is -0.887. The molecule has 20 heavy (non-hydrogen) atoms. The molecule has 1 saturated heterocycles. The Morgan fingerprint density at radius 3 is 2.80 bits per heavy atom. The quantitative estimate of drug-likeness (QED) is 0.667. The van der Waals surface area contributed by atoms with Crippen molar-refractivity contribution in [2.75, 3.05) is 13.1 Å². The lowest BCUT2D eigenvalue weighted by Crippen LogP contribution is -2.38. The lowest BCUT2D eigenvalue weighted by molar-refractivity contribution is -0.148. The van der Waals surface area contributed by atoms with Crippen molar-refractivity contribution in [1.29, 1.82) is 0 Å². The van der Waals surface area contributed by atoms with Gasteiger partial charge in [-0.1, -0.05) is 12.8 Å². The van der Waals surface area contributed by atoms with Crippen molar-refractivity contribution < 1.29 is 15.0 Å². The van der Waals surface area contributed by atoms with E-state index >= 15 is 0 Å². The molecule has 0 radical (unpaired) electrons. The summed E-state index contributed by atoms with van der Waals surface area (Å²) in [4.78, 5) is 15.4. The molecular weight excluding hydrogens is 256 g/mol. The number of aliphatic hydroxyl groups excluding tert-OH is 1. The average molecular weight is 282 g/mol. The van der Waals surface area contributed by atoms with Gasteiger partial charge in [0.2, 0.25) is 0 Å². The lowest BCUT2D eigenvalue weighted by Gasteiger charge is -2.30. The lowest BCUT2D eigenvalue weighted by atomic mass is 9.79. The predicted octanol–water partition coefficient (Wildman–Crippen LogP) is 1.45. The van der Waals surface area contributed by atoms with E-state index in [0.717, 1.165) is 32.4 Å². The number of hydrogen-bond acceptors (Lipinski definition) is 4. The number of aliphatic carboxylic acids is 1. The monoisotopic (exact) mass is 282 g/mol. The Hall–Kier alpha value is -0.940. The molecule has 0 aromatic heterocycles. The van der Waals surface area contributed by atoms with Gasteiger partial charge in [-0.2, -0.15) is 0 Å². The maximum absolute atomic E-state index is 11.0. The van der Waals surface area contributed by atoms with Crippen molar-refractivity contribution in [1.82, 2.24) is 5.32 Å². The van der Waals surface area contributed by atoms with Gasteiger partial charge in [0.25, 0.3) is 0 Å². The maximum Gasteiger partial charge on any atom is 0.309 e. The standard InChI is InChI=1S/C15H26N2O3/c18-14-11(4-3-6-13(14)15(19)20)10-16-9-7-12-5-1-2-8-17-12/h10-14,17-18H,1-9H2,(H,19,20). The molecule has 3 N–H and O–H groups in total. The number of hydrogen-bond donors (Lipinski definition) is 3. The minimum Gasteiger partial charge on any atom is -0.481 e. The highest BCUT2D eigenvalue weighted by molar-refractivity contribution is 5.72. The molecule has 1 heterocycles. The Kier molecular flexibility index (Phi) is 5.98. The zero-order valence-corrected chi connectivity index (χ0v) is 12.0. The van der Waals surface area contributed by atoms with Crippen LogP contribution in [0.1, 0.15) is 44.9 Å². The number of carbonyl (C=O) groups is 1. The summed E-state index contributed by atoms with van der Waals surface area (Å²) in [5, 5.41) is 22.6. The fraction of sp³-hybridized carbons (Fsp3) is 0.867. The van der Waals surface area contributed by atoms with E-state index in [1.807, 2.05) is 0 Å². The number of carboxylic acids is 1. The Morgan fingerprint density at radius 1 is 1.25 bits per heavy atom. The van der Waals surface area contributed by atoms with Crippen molar-refractivity contribution in [3.63, 3.8) is 0 Å². The zero-order valence-electron chi connectivity index (χ0n) is 12.0. The third kappa shape index (κ3) is 4.28. The summed E-state index contributed by atoms with van der Waals surface area (Å²) in [5.41, 5.74) is 0. The summed E-state index contributed by atoms with van der Waals surface area (Å²) in [6.07, 6.45) is 8.11. The smallest absolute Gasteiger partial charge is 0.309 e. The largest absolute Gasteiger partial charge is 0.481 e. The van der Waals surface area contributed by atoms with Gasteiger partial charge in [-0.25, -0.2) is 0 Å². The molecule has 0 aromatic carbocycles. The number of aliphatic imine (C=N–C) groups is 1. The van der Waals surface area contributed by atoms with E-state index in [4.69, 9.17) is 5.11 Å². The van der Waals surface area contributed by atoms with Gasteiger partial charge in [0.15, 0.2) is 0 Å². The van der Waals surface area contributed by atoms with E-state index in [9.17, 15) is 9.90 Å². The summed E-state index contributed by atoms with van der Waals surface area (Å²) in [5.74, 6) is -1.61. The SMILES string of the molecule is O=C(O)C1CCCC(C=NCCC2CCCCN2)C1O. The number of nitrogens with zero attached hydrogens (tertiary/aromatic N) is 1. The molecular formula is C15H26N2O3. The van der Waals surface area contributed by atoms with Gasteiger partial charge in [0.05, 0.1) is 12.0 Å². The van der Waals surface area contributed by atoms with Crippen LogP contribution < -0.4 is 5.32 Å². The van der Waals surface area contributed by atoms with Gasteiger partial charge in [0, 0.05) is 24.7 Å². The van der Waals surface area contributed by atoms with Crippen molar-refractivity contribution >= 4 is 12.2 Å². The number of carboxylic acid groups (broad SMARTS) is 1. The number of aliphatic hydroxyl groups is 1. The number of piperidine rings is 1. The fourth-order valence-corrected chi connectivity index (χ4v) is 3.26. The van der Waals surface area contributed by atoms with Crippen LogP contribution in [0.2, 0.25) is 0 Å².